The molecule has 0 spiro atoms. The Balaban J connectivity index is 1.83. The molecule has 2 fully saturated rings. The lowest BCUT2D eigenvalue weighted by Crippen LogP contribution is -3.12. The molecule has 6 nitrogen and oxygen atoms in total. The van der Waals surface area contributed by atoms with Gasteiger partial charge in [0, 0.05) is 11.6 Å². The van der Waals surface area contributed by atoms with Gasteiger partial charge in [0.15, 0.2) is 0 Å². The molecule has 0 atom stereocenters. The first-order chi connectivity index (χ1) is 10.9. The van der Waals surface area contributed by atoms with Gasteiger partial charge in [-0.3, -0.25) is 4.79 Å². The lowest BCUT2D eigenvalue weighted by Gasteiger charge is -2.30. The van der Waals surface area contributed by atoms with Crippen LogP contribution in [0.1, 0.15) is 23.2 Å². The standard InChI is InChI=1S/C15H20ClN3O3S/c1-18-6-8-19(9-7-18)15(20)11-2-5-13(16)14(10-11)23(21,22)17-12-3-4-12/h2,5,10,12,17H,3-4,6-9H2,1H3/p+1. The molecule has 1 aliphatic carbocycles. The van der Waals surface area contributed by atoms with Crippen LogP contribution < -0.4 is 9.62 Å². The summed E-state index contributed by atoms with van der Waals surface area (Å²) < 4.78 is 27.3. The Hall–Kier alpha value is -1.15. The summed E-state index contributed by atoms with van der Waals surface area (Å²) in [6, 6.07) is 4.46. The Morgan fingerprint density at radius 2 is 1.96 bits per heavy atom. The van der Waals surface area contributed by atoms with Crippen molar-refractivity contribution in [1.82, 2.24) is 9.62 Å². The van der Waals surface area contributed by atoms with E-state index in [1.54, 1.807) is 11.0 Å². The van der Waals surface area contributed by atoms with Crippen LogP contribution in [0.15, 0.2) is 23.1 Å². The van der Waals surface area contributed by atoms with Crippen LogP contribution in [0.4, 0.5) is 0 Å². The fourth-order valence-electron chi connectivity index (χ4n) is 2.60. The SMILES string of the molecule is C[NH+]1CCN(C(=O)c2ccc(Cl)c(S(=O)(=O)NC3CC3)c2)CC1. The van der Waals surface area contributed by atoms with E-state index in [9.17, 15) is 13.2 Å². The van der Waals surface area contributed by atoms with Gasteiger partial charge in [0.25, 0.3) is 5.91 Å². The molecule has 3 rings (SSSR count). The van der Waals surface area contributed by atoms with Crippen LogP contribution in [0.3, 0.4) is 0 Å². The first-order valence-electron chi connectivity index (χ1n) is 7.79. The second kappa shape index (κ2) is 6.39. The van der Waals surface area contributed by atoms with E-state index >= 15 is 0 Å². The lowest BCUT2D eigenvalue weighted by molar-refractivity contribution is -0.883. The van der Waals surface area contributed by atoms with Gasteiger partial charge in [-0.25, -0.2) is 13.1 Å². The Morgan fingerprint density at radius 1 is 1.30 bits per heavy atom. The molecule has 1 saturated heterocycles. The third kappa shape index (κ3) is 3.85. The average molecular weight is 359 g/mol. The number of piperazine rings is 1. The maximum Gasteiger partial charge on any atom is 0.254 e. The van der Waals surface area contributed by atoms with Crippen LogP contribution >= 0.6 is 11.6 Å². The van der Waals surface area contributed by atoms with Gasteiger partial charge in [0.1, 0.15) is 4.90 Å². The Morgan fingerprint density at radius 3 is 2.57 bits per heavy atom. The number of benzene rings is 1. The fourth-order valence-corrected chi connectivity index (χ4v) is 4.43. The Kier molecular flexibility index (Phi) is 4.64. The number of carbonyl (C=O) groups excluding carboxylic acids is 1. The van der Waals surface area contributed by atoms with E-state index in [1.807, 2.05) is 0 Å². The Bertz CT molecular complexity index is 711. The van der Waals surface area contributed by atoms with Gasteiger partial charge < -0.3 is 9.80 Å². The van der Waals surface area contributed by atoms with Crippen molar-refractivity contribution in [3.63, 3.8) is 0 Å². The highest BCUT2D eigenvalue weighted by Gasteiger charge is 2.30. The van der Waals surface area contributed by atoms with E-state index in [1.165, 1.54) is 17.0 Å². The number of quaternary nitrogens is 1. The summed E-state index contributed by atoms with van der Waals surface area (Å²) >= 11 is 6.05. The van der Waals surface area contributed by atoms with Crippen LogP contribution in [-0.2, 0) is 10.0 Å². The number of nitrogens with zero attached hydrogens (tertiary/aromatic N) is 1. The summed E-state index contributed by atoms with van der Waals surface area (Å²) in [5.41, 5.74) is 0.366. The molecule has 0 bridgehead atoms. The van der Waals surface area contributed by atoms with E-state index < -0.39 is 10.0 Å². The average Bonchev–Trinajstić information content (AvgIpc) is 3.31. The van der Waals surface area contributed by atoms with Crippen molar-refractivity contribution >= 4 is 27.5 Å². The third-order valence-electron chi connectivity index (χ3n) is 4.27. The van der Waals surface area contributed by atoms with Crippen LogP contribution in [0.25, 0.3) is 0 Å². The van der Waals surface area contributed by atoms with Crippen molar-refractivity contribution < 1.29 is 18.1 Å². The van der Waals surface area contributed by atoms with Crippen molar-refractivity contribution in [2.24, 2.45) is 0 Å². The molecule has 1 saturated carbocycles. The summed E-state index contributed by atoms with van der Waals surface area (Å²) in [6.07, 6.45) is 1.69. The monoisotopic (exact) mass is 358 g/mol. The van der Waals surface area contributed by atoms with Crippen molar-refractivity contribution in [3.8, 4) is 0 Å². The van der Waals surface area contributed by atoms with Gasteiger partial charge in [0.2, 0.25) is 10.0 Å². The predicted octanol–water partition coefficient (Wildman–Crippen LogP) is -0.249. The van der Waals surface area contributed by atoms with Crippen LogP contribution in [0, 0.1) is 0 Å². The number of rotatable bonds is 4. The van der Waals surface area contributed by atoms with Crippen molar-refractivity contribution in [3.05, 3.63) is 28.8 Å². The second-order valence-corrected chi connectivity index (χ2v) is 8.38. The number of nitrogens with one attached hydrogen (secondary N) is 2. The molecule has 0 unspecified atom stereocenters. The molecule has 126 valence electrons. The summed E-state index contributed by atoms with van der Waals surface area (Å²) in [7, 11) is -1.58. The summed E-state index contributed by atoms with van der Waals surface area (Å²) in [6.45, 7) is 3.15. The maximum absolute atomic E-state index is 12.6. The molecule has 1 heterocycles. The minimum absolute atomic E-state index is 0.00367. The zero-order valence-corrected chi connectivity index (χ0v) is 14.6. The lowest BCUT2D eigenvalue weighted by atomic mass is 10.2. The highest BCUT2D eigenvalue weighted by atomic mass is 35.5. The van der Waals surface area contributed by atoms with E-state index in [-0.39, 0.29) is 21.9 Å². The number of sulfonamides is 1. The maximum atomic E-state index is 12.6. The largest absolute Gasteiger partial charge is 0.334 e. The zero-order chi connectivity index (χ0) is 16.6. The molecular formula is C15H21ClN3O3S+. The number of amides is 1. The topological polar surface area (TPSA) is 70.9 Å². The molecule has 23 heavy (non-hydrogen) atoms. The zero-order valence-electron chi connectivity index (χ0n) is 13.0. The molecule has 0 aromatic heterocycles. The van der Waals surface area contributed by atoms with Crippen molar-refractivity contribution in [2.75, 3.05) is 33.2 Å². The minimum atomic E-state index is -3.68. The van der Waals surface area contributed by atoms with Gasteiger partial charge in [-0.2, -0.15) is 0 Å². The normalized spacial score (nSPS) is 19.8. The quantitative estimate of drug-likeness (QED) is 0.780. The summed E-state index contributed by atoms with van der Waals surface area (Å²) in [5, 5.41) is 0.137. The highest BCUT2D eigenvalue weighted by Crippen LogP contribution is 2.27. The number of hydrogen-bond acceptors (Lipinski definition) is 3. The van der Waals surface area contributed by atoms with Gasteiger partial charge in [-0.1, -0.05) is 11.6 Å². The van der Waals surface area contributed by atoms with Gasteiger partial charge in [0.05, 0.1) is 38.2 Å². The van der Waals surface area contributed by atoms with Crippen molar-refractivity contribution in [2.45, 2.75) is 23.8 Å². The molecule has 1 amide bonds. The van der Waals surface area contributed by atoms with E-state index in [2.05, 4.69) is 11.8 Å². The molecule has 0 radical (unpaired) electrons. The molecule has 2 aliphatic rings. The highest BCUT2D eigenvalue weighted by molar-refractivity contribution is 7.89. The minimum Gasteiger partial charge on any atom is -0.334 e. The Labute approximate surface area is 141 Å². The molecule has 2 N–H and O–H groups in total. The van der Waals surface area contributed by atoms with Gasteiger partial charge in [-0.05, 0) is 31.0 Å². The van der Waals surface area contributed by atoms with E-state index in [0.717, 1.165) is 25.9 Å². The number of halogens is 1. The first-order valence-corrected chi connectivity index (χ1v) is 9.65. The van der Waals surface area contributed by atoms with Gasteiger partial charge >= 0.3 is 0 Å². The fraction of sp³-hybridized carbons (Fsp3) is 0.533. The summed E-state index contributed by atoms with van der Waals surface area (Å²) in [5.74, 6) is -0.142. The third-order valence-corrected chi connectivity index (χ3v) is 6.27. The predicted molar refractivity (Wildman–Crippen MR) is 87.3 cm³/mol. The van der Waals surface area contributed by atoms with E-state index in [0.29, 0.717) is 18.7 Å². The molecule has 1 aliphatic heterocycles. The molecule has 1 aromatic carbocycles. The first kappa shape index (κ1) is 16.7. The van der Waals surface area contributed by atoms with Crippen LogP contribution in [0.5, 0.6) is 0 Å². The smallest absolute Gasteiger partial charge is 0.254 e. The molecule has 8 heteroatoms. The second-order valence-electron chi connectivity index (χ2n) is 6.29. The summed E-state index contributed by atoms with van der Waals surface area (Å²) in [4.78, 5) is 15.7. The van der Waals surface area contributed by atoms with Gasteiger partial charge in [-0.15, -0.1) is 0 Å². The van der Waals surface area contributed by atoms with E-state index in [4.69, 9.17) is 11.6 Å². The van der Waals surface area contributed by atoms with Crippen LogP contribution in [0.2, 0.25) is 5.02 Å². The number of hydrogen-bond donors (Lipinski definition) is 2. The van der Waals surface area contributed by atoms with Crippen molar-refractivity contribution in [1.29, 1.82) is 0 Å². The number of carbonyl (C=O) groups is 1. The number of likely N-dealkylation sites (N-methyl/N-ethyl adjacent to an activating group) is 1. The molecular weight excluding hydrogens is 338 g/mol. The van der Waals surface area contributed by atoms with Crippen LogP contribution in [-0.4, -0.2) is 58.5 Å². The molecule has 1 aromatic rings.